The Morgan fingerprint density at radius 1 is 1.20 bits per heavy atom. The first-order chi connectivity index (χ1) is 9.54. The summed E-state index contributed by atoms with van der Waals surface area (Å²) in [6.07, 6.45) is 0. The van der Waals surface area contributed by atoms with E-state index in [1.54, 1.807) is 29.2 Å². The van der Waals surface area contributed by atoms with Crippen molar-refractivity contribution < 1.29 is 8.78 Å². The van der Waals surface area contributed by atoms with E-state index >= 15 is 0 Å². The average Bonchev–Trinajstić information content (AvgIpc) is 2.39. The molecular formula is C15H14F2N2S. The van der Waals surface area contributed by atoms with Crippen molar-refractivity contribution in [3.63, 3.8) is 0 Å². The monoisotopic (exact) mass is 292 g/mol. The summed E-state index contributed by atoms with van der Waals surface area (Å²) in [4.78, 5) is 1.74. The van der Waals surface area contributed by atoms with Crippen molar-refractivity contribution in [3.05, 3.63) is 59.7 Å². The molecule has 0 aliphatic heterocycles. The molecule has 20 heavy (non-hydrogen) atoms. The molecule has 0 fully saturated rings. The fourth-order valence-corrected chi connectivity index (χ4v) is 2.32. The number of hydrogen-bond acceptors (Lipinski definition) is 2. The molecule has 0 spiro atoms. The standard InChI is InChI=1S/C15H14F2N2S/c1-2-19(11-6-3-5-10(16)9-11)13-8-4-7-12(17)14(13)15(18)20/h3-9H,2H2,1H3,(H2,18,20). The van der Waals surface area contributed by atoms with Gasteiger partial charge in [0.05, 0.1) is 11.3 Å². The van der Waals surface area contributed by atoms with E-state index in [-0.39, 0.29) is 16.4 Å². The van der Waals surface area contributed by atoms with Gasteiger partial charge in [0.15, 0.2) is 0 Å². The van der Waals surface area contributed by atoms with Gasteiger partial charge in [-0.1, -0.05) is 24.4 Å². The van der Waals surface area contributed by atoms with Gasteiger partial charge in [-0.05, 0) is 37.3 Å². The molecule has 0 amide bonds. The zero-order chi connectivity index (χ0) is 14.7. The zero-order valence-electron chi connectivity index (χ0n) is 10.9. The quantitative estimate of drug-likeness (QED) is 0.870. The first-order valence-electron chi connectivity index (χ1n) is 6.16. The molecule has 2 aromatic carbocycles. The SMILES string of the molecule is CCN(c1cccc(F)c1)c1cccc(F)c1C(N)=S. The van der Waals surface area contributed by atoms with E-state index in [0.717, 1.165) is 0 Å². The Hall–Kier alpha value is -2.01. The normalized spacial score (nSPS) is 10.3. The molecule has 0 unspecified atom stereocenters. The molecule has 0 aromatic heterocycles. The second-order valence-corrected chi connectivity index (χ2v) is 4.66. The van der Waals surface area contributed by atoms with Crippen LogP contribution in [-0.2, 0) is 0 Å². The van der Waals surface area contributed by atoms with E-state index in [9.17, 15) is 8.78 Å². The van der Waals surface area contributed by atoms with Crippen LogP contribution in [0.15, 0.2) is 42.5 Å². The Bertz CT molecular complexity index is 644. The lowest BCUT2D eigenvalue weighted by molar-refractivity contribution is 0.624. The van der Waals surface area contributed by atoms with Crippen LogP contribution >= 0.6 is 12.2 Å². The largest absolute Gasteiger partial charge is 0.389 e. The fraction of sp³-hybridized carbons (Fsp3) is 0.133. The number of thiocarbonyl (C=S) groups is 1. The van der Waals surface area contributed by atoms with Crippen molar-refractivity contribution in [2.45, 2.75) is 6.92 Å². The van der Waals surface area contributed by atoms with E-state index < -0.39 is 5.82 Å². The van der Waals surface area contributed by atoms with Crippen LogP contribution in [0, 0.1) is 11.6 Å². The molecule has 2 N–H and O–H groups in total. The number of halogens is 2. The Morgan fingerprint density at radius 2 is 1.90 bits per heavy atom. The molecule has 0 heterocycles. The second kappa shape index (κ2) is 5.96. The van der Waals surface area contributed by atoms with E-state index in [1.807, 2.05) is 6.92 Å². The van der Waals surface area contributed by atoms with Gasteiger partial charge >= 0.3 is 0 Å². The molecule has 104 valence electrons. The molecule has 0 atom stereocenters. The molecule has 0 aliphatic carbocycles. The molecule has 0 saturated carbocycles. The van der Waals surface area contributed by atoms with Crippen LogP contribution in [0.5, 0.6) is 0 Å². The summed E-state index contributed by atoms with van der Waals surface area (Å²) in [6, 6.07) is 10.7. The lowest BCUT2D eigenvalue weighted by Gasteiger charge is -2.25. The smallest absolute Gasteiger partial charge is 0.135 e. The summed E-state index contributed by atoms with van der Waals surface area (Å²) in [7, 11) is 0. The molecule has 0 aliphatic rings. The van der Waals surface area contributed by atoms with Crippen molar-refractivity contribution in [2.75, 3.05) is 11.4 Å². The molecule has 2 rings (SSSR count). The van der Waals surface area contributed by atoms with Gasteiger partial charge in [0.1, 0.15) is 16.6 Å². The third-order valence-corrected chi connectivity index (χ3v) is 3.17. The predicted molar refractivity (Wildman–Crippen MR) is 81.4 cm³/mol. The second-order valence-electron chi connectivity index (χ2n) is 4.22. The molecule has 0 radical (unpaired) electrons. The van der Waals surface area contributed by atoms with Crippen molar-refractivity contribution >= 4 is 28.6 Å². The number of rotatable bonds is 4. The molecule has 0 saturated heterocycles. The van der Waals surface area contributed by atoms with Gasteiger partial charge in [-0.2, -0.15) is 0 Å². The summed E-state index contributed by atoms with van der Waals surface area (Å²) in [5.41, 5.74) is 6.94. The highest BCUT2D eigenvalue weighted by Crippen LogP contribution is 2.30. The molecule has 2 aromatic rings. The first kappa shape index (κ1) is 14.4. The Labute approximate surface area is 121 Å². The van der Waals surface area contributed by atoms with Crippen molar-refractivity contribution in [1.29, 1.82) is 0 Å². The Balaban J connectivity index is 2.58. The van der Waals surface area contributed by atoms with Crippen LogP contribution in [0.25, 0.3) is 0 Å². The molecule has 0 bridgehead atoms. The van der Waals surface area contributed by atoms with Crippen molar-refractivity contribution in [3.8, 4) is 0 Å². The summed E-state index contributed by atoms with van der Waals surface area (Å²) in [5, 5.41) is 0. The third-order valence-electron chi connectivity index (χ3n) is 2.96. The maximum Gasteiger partial charge on any atom is 0.135 e. The minimum absolute atomic E-state index is 0.0204. The summed E-state index contributed by atoms with van der Waals surface area (Å²) < 4.78 is 27.3. The van der Waals surface area contributed by atoms with Crippen LogP contribution < -0.4 is 10.6 Å². The Kier molecular flexibility index (Phi) is 4.29. The van der Waals surface area contributed by atoms with Gasteiger partial charge in [0.25, 0.3) is 0 Å². The highest BCUT2D eigenvalue weighted by molar-refractivity contribution is 7.80. The maximum atomic E-state index is 13.9. The average molecular weight is 292 g/mol. The maximum absolute atomic E-state index is 13.9. The van der Waals surface area contributed by atoms with Crippen LogP contribution in [-0.4, -0.2) is 11.5 Å². The topological polar surface area (TPSA) is 29.3 Å². The minimum Gasteiger partial charge on any atom is -0.389 e. The van der Waals surface area contributed by atoms with Gasteiger partial charge in [0.2, 0.25) is 0 Å². The van der Waals surface area contributed by atoms with Gasteiger partial charge in [-0.15, -0.1) is 0 Å². The van der Waals surface area contributed by atoms with E-state index in [0.29, 0.717) is 17.9 Å². The van der Waals surface area contributed by atoms with E-state index in [4.69, 9.17) is 18.0 Å². The van der Waals surface area contributed by atoms with Crippen LogP contribution in [0.3, 0.4) is 0 Å². The number of nitrogens with zero attached hydrogens (tertiary/aromatic N) is 1. The van der Waals surface area contributed by atoms with Crippen LogP contribution in [0.1, 0.15) is 12.5 Å². The summed E-state index contributed by atoms with van der Waals surface area (Å²) in [5.74, 6) is -0.834. The van der Waals surface area contributed by atoms with Gasteiger partial charge in [-0.3, -0.25) is 0 Å². The number of nitrogens with two attached hydrogens (primary N) is 1. The summed E-state index contributed by atoms with van der Waals surface area (Å²) >= 11 is 4.92. The lowest BCUT2D eigenvalue weighted by Crippen LogP contribution is -2.22. The Morgan fingerprint density at radius 3 is 2.50 bits per heavy atom. The molecule has 2 nitrogen and oxygen atoms in total. The van der Waals surface area contributed by atoms with Gasteiger partial charge in [-0.25, -0.2) is 8.78 Å². The first-order valence-corrected chi connectivity index (χ1v) is 6.56. The number of benzene rings is 2. The third kappa shape index (κ3) is 2.77. The van der Waals surface area contributed by atoms with E-state index in [1.165, 1.54) is 18.2 Å². The molecule has 5 heteroatoms. The number of anilines is 2. The predicted octanol–water partition coefficient (Wildman–Crippen LogP) is 3.76. The highest BCUT2D eigenvalue weighted by atomic mass is 32.1. The highest BCUT2D eigenvalue weighted by Gasteiger charge is 2.17. The lowest BCUT2D eigenvalue weighted by atomic mass is 10.1. The van der Waals surface area contributed by atoms with Crippen molar-refractivity contribution in [1.82, 2.24) is 0 Å². The zero-order valence-corrected chi connectivity index (χ0v) is 11.8. The van der Waals surface area contributed by atoms with Crippen LogP contribution in [0.4, 0.5) is 20.2 Å². The molecular weight excluding hydrogens is 278 g/mol. The van der Waals surface area contributed by atoms with Crippen molar-refractivity contribution in [2.24, 2.45) is 5.73 Å². The van der Waals surface area contributed by atoms with Crippen LogP contribution in [0.2, 0.25) is 0 Å². The van der Waals surface area contributed by atoms with E-state index in [2.05, 4.69) is 0 Å². The number of hydrogen-bond donors (Lipinski definition) is 1. The summed E-state index contributed by atoms with van der Waals surface area (Å²) in [6.45, 7) is 2.42. The van der Waals surface area contributed by atoms with Gasteiger partial charge in [0, 0.05) is 12.2 Å². The minimum atomic E-state index is -0.482. The fourth-order valence-electron chi connectivity index (χ4n) is 2.12. The van der Waals surface area contributed by atoms with Gasteiger partial charge < -0.3 is 10.6 Å².